The molecule has 11 heavy (non-hydrogen) atoms. The van der Waals surface area contributed by atoms with Gasteiger partial charge in [-0.2, -0.15) is 11.8 Å². The fraction of sp³-hybridized carbons (Fsp3) is 0.875. The van der Waals surface area contributed by atoms with Crippen molar-refractivity contribution in [3.05, 3.63) is 0 Å². The highest BCUT2D eigenvalue weighted by molar-refractivity contribution is 7.99. The van der Waals surface area contributed by atoms with Crippen LogP contribution in [0.3, 0.4) is 0 Å². The molecule has 1 aliphatic heterocycles. The summed E-state index contributed by atoms with van der Waals surface area (Å²) >= 11 is 1.88. The number of hydrogen-bond acceptors (Lipinski definition) is 3. The lowest BCUT2D eigenvalue weighted by Gasteiger charge is -2.25. The molecule has 64 valence electrons. The van der Waals surface area contributed by atoms with Crippen LogP contribution in [0.15, 0.2) is 0 Å². The van der Waals surface area contributed by atoms with E-state index in [1.54, 1.807) is 0 Å². The van der Waals surface area contributed by atoms with Gasteiger partial charge < -0.3 is 9.53 Å². The second kappa shape index (κ2) is 4.12. The zero-order valence-electron chi connectivity index (χ0n) is 6.84. The summed E-state index contributed by atoms with van der Waals surface area (Å²) in [5.41, 5.74) is -0.110. The lowest BCUT2D eigenvalue weighted by Crippen LogP contribution is -2.32. The summed E-state index contributed by atoms with van der Waals surface area (Å²) in [5, 5.41) is 0. The largest absolute Gasteiger partial charge is 0.374 e. The van der Waals surface area contributed by atoms with Crippen molar-refractivity contribution in [3.8, 4) is 0 Å². The van der Waals surface area contributed by atoms with Gasteiger partial charge in [0.05, 0.1) is 5.60 Å². The first-order valence-corrected chi connectivity index (χ1v) is 5.14. The molecular weight excluding hydrogens is 160 g/mol. The third-order valence-corrected chi connectivity index (χ3v) is 3.20. The molecule has 0 N–H and O–H groups in total. The van der Waals surface area contributed by atoms with E-state index >= 15 is 0 Å². The van der Waals surface area contributed by atoms with Crippen LogP contribution in [-0.2, 0) is 9.53 Å². The van der Waals surface area contributed by atoms with Gasteiger partial charge in [-0.3, -0.25) is 0 Å². The number of rotatable bonds is 4. The Morgan fingerprint density at radius 1 is 1.73 bits per heavy atom. The van der Waals surface area contributed by atoms with Gasteiger partial charge in [-0.25, -0.2) is 0 Å². The molecule has 0 amide bonds. The molecule has 1 atom stereocenters. The summed E-state index contributed by atoms with van der Waals surface area (Å²) in [6, 6.07) is 0. The third kappa shape index (κ3) is 2.20. The Kier molecular flexibility index (Phi) is 3.40. The number of thioether (sulfide) groups is 1. The molecule has 0 aromatic carbocycles. The van der Waals surface area contributed by atoms with Crippen LogP contribution in [0.2, 0.25) is 0 Å². The SMILES string of the molecule is CCOC1(CC=O)CCSC1. The molecule has 0 aromatic heterocycles. The van der Waals surface area contributed by atoms with E-state index in [0.717, 1.165) is 24.2 Å². The summed E-state index contributed by atoms with van der Waals surface area (Å²) in [4.78, 5) is 10.4. The van der Waals surface area contributed by atoms with Gasteiger partial charge in [0, 0.05) is 18.8 Å². The number of carbonyl (C=O) groups is 1. The molecular formula is C8H14O2S. The smallest absolute Gasteiger partial charge is 0.122 e. The Balaban J connectivity index is 2.46. The first kappa shape index (κ1) is 9.07. The minimum Gasteiger partial charge on any atom is -0.374 e. The van der Waals surface area contributed by atoms with E-state index in [4.69, 9.17) is 4.74 Å². The average molecular weight is 174 g/mol. The zero-order chi connectivity index (χ0) is 8.16. The molecule has 1 heterocycles. The lowest BCUT2D eigenvalue weighted by atomic mass is 10.00. The molecule has 0 radical (unpaired) electrons. The Labute approximate surface area is 71.7 Å². The van der Waals surface area contributed by atoms with Crippen molar-refractivity contribution in [2.75, 3.05) is 18.1 Å². The first-order chi connectivity index (χ1) is 5.33. The van der Waals surface area contributed by atoms with Gasteiger partial charge >= 0.3 is 0 Å². The highest BCUT2D eigenvalue weighted by Gasteiger charge is 2.34. The number of carbonyl (C=O) groups excluding carboxylic acids is 1. The van der Waals surface area contributed by atoms with E-state index in [2.05, 4.69) is 0 Å². The maximum Gasteiger partial charge on any atom is 0.122 e. The van der Waals surface area contributed by atoms with Gasteiger partial charge in [0.2, 0.25) is 0 Å². The molecule has 1 saturated heterocycles. The Morgan fingerprint density at radius 3 is 3.00 bits per heavy atom. The molecule has 0 saturated carbocycles. The average Bonchev–Trinajstić information content (AvgIpc) is 2.39. The normalized spacial score (nSPS) is 30.6. The van der Waals surface area contributed by atoms with Crippen LogP contribution in [-0.4, -0.2) is 30.0 Å². The van der Waals surface area contributed by atoms with E-state index in [0.29, 0.717) is 13.0 Å². The van der Waals surface area contributed by atoms with Crippen LogP contribution in [0.5, 0.6) is 0 Å². The van der Waals surface area contributed by atoms with Gasteiger partial charge in [0.25, 0.3) is 0 Å². The Hall–Kier alpha value is -0.0200. The number of hydrogen-bond donors (Lipinski definition) is 0. The summed E-state index contributed by atoms with van der Waals surface area (Å²) < 4.78 is 5.58. The fourth-order valence-corrected chi connectivity index (χ4v) is 2.76. The number of ether oxygens (including phenoxy) is 1. The lowest BCUT2D eigenvalue weighted by molar-refractivity contribution is -0.114. The van der Waals surface area contributed by atoms with E-state index < -0.39 is 0 Å². The monoisotopic (exact) mass is 174 g/mol. The summed E-state index contributed by atoms with van der Waals surface area (Å²) in [5.74, 6) is 2.12. The summed E-state index contributed by atoms with van der Waals surface area (Å²) in [6.45, 7) is 2.70. The molecule has 1 unspecified atom stereocenters. The molecule has 0 aliphatic carbocycles. The third-order valence-electron chi connectivity index (χ3n) is 1.97. The van der Waals surface area contributed by atoms with Crippen LogP contribution in [0.1, 0.15) is 19.8 Å². The highest BCUT2D eigenvalue weighted by atomic mass is 32.2. The van der Waals surface area contributed by atoms with Crippen LogP contribution in [0, 0.1) is 0 Å². The van der Waals surface area contributed by atoms with Crippen LogP contribution < -0.4 is 0 Å². The van der Waals surface area contributed by atoms with Crippen molar-refractivity contribution >= 4 is 18.0 Å². The maximum absolute atomic E-state index is 10.4. The van der Waals surface area contributed by atoms with E-state index in [1.807, 2.05) is 18.7 Å². The van der Waals surface area contributed by atoms with Crippen LogP contribution >= 0.6 is 11.8 Å². The molecule has 0 bridgehead atoms. The standard InChI is InChI=1S/C8H14O2S/c1-2-10-8(3-5-9)4-6-11-7-8/h5H,2-4,6-7H2,1H3. The summed E-state index contributed by atoms with van der Waals surface area (Å²) in [6.07, 6.45) is 2.57. The van der Waals surface area contributed by atoms with Gasteiger partial charge in [-0.1, -0.05) is 0 Å². The van der Waals surface area contributed by atoms with Crippen LogP contribution in [0.4, 0.5) is 0 Å². The molecule has 0 aromatic rings. The van der Waals surface area contributed by atoms with Crippen molar-refractivity contribution < 1.29 is 9.53 Å². The zero-order valence-corrected chi connectivity index (χ0v) is 7.65. The van der Waals surface area contributed by atoms with Crippen LogP contribution in [0.25, 0.3) is 0 Å². The van der Waals surface area contributed by atoms with Gasteiger partial charge in [-0.15, -0.1) is 0 Å². The maximum atomic E-state index is 10.4. The van der Waals surface area contributed by atoms with Gasteiger partial charge in [0.15, 0.2) is 0 Å². The highest BCUT2D eigenvalue weighted by Crippen LogP contribution is 2.33. The van der Waals surface area contributed by atoms with Gasteiger partial charge in [0.1, 0.15) is 6.29 Å². The van der Waals surface area contributed by atoms with E-state index in [9.17, 15) is 4.79 Å². The predicted octanol–water partition coefficient (Wildman–Crippen LogP) is 1.49. The second-order valence-corrected chi connectivity index (χ2v) is 3.89. The van der Waals surface area contributed by atoms with E-state index in [1.165, 1.54) is 0 Å². The second-order valence-electron chi connectivity index (χ2n) is 2.79. The van der Waals surface area contributed by atoms with Crippen molar-refractivity contribution in [1.82, 2.24) is 0 Å². The first-order valence-electron chi connectivity index (χ1n) is 3.98. The Bertz CT molecular complexity index is 130. The predicted molar refractivity (Wildman–Crippen MR) is 47.0 cm³/mol. The Morgan fingerprint density at radius 2 is 2.55 bits per heavy atom. The fourth-order valence-electron chi connectivity index (χ4n) is 1.38. The molecule has 1 rings (SSSR count). The molecule has 3 heteroatoms. The number of aldehydes is 1. The van der Waals surface area contributed by atoms with E-state index in [-0.39, 0.29) is 5.60 Å². The minimum absolute atomic E-state index is 0.110. The van der Waals surface area contributed by atoms with Crippen molar-refractivity contribution in [3.63, 3.8) is 0 Å². The molecule has 1 fully saturated rings. The topological polar surface area (TPSA) is 26.3 Å². The van der Waals surface area contributed by atoms with Crippen molar-refractivity contribution in [1.29, 1.82) is 0 Å². The van der Waals surface area contributed by atoms with Gasteiger partial charge in [-0.05, 0) is 19.1 Å². The molecule has 1 aliphatic rings. The molecule has 2 nitrogen and oxygen atoms in total. The minimum atomic E-state index is -0.110. The van der Waals surface area contributed by atoms with Crippen molar-refractivity contribution in [2.45, 2.75) is 25.4 Å². The molecule has 0 spiro atoms. The quantitative estimate of drug-likeness (QED) is 0.604. The van der Waals surface area contributed by atoms with Crippen molar-refractivity contribution in [2.24, 2.45) is 0 Å². The summed E-state index contributed by atoms with van der Waals surface area (Å²) in [7, 11) is 0.